The Hall–Kier alpha value is -1.44. The SMILES string of the molecule is CC1(C)CN(Cc2cccc(C#N)c2F)CC(C)(C)O1. The molecule has 1 aliphatic rings. The maximum Gasteiger partial charge on any atom is 0.145 e. The van der Waals surface area contributed by atoms with Crippen molar-refractivity contribution < 1.29 is 9.13 Å². The number of rotatable bonds is 2. The molecule has 0 amide bonds. The molecule has 1 saturated heterocycles. The average Bonchev–Trinajstić information content (AvgIpc) is 2.27. The molecule has 0 saturated carbocycles. The highest BCUT2D eigenvalue weighted by Crippen LogP contribution is 2.29. The van der Waals surface area contributed by atoms with Gasteiger partial charge in [0.25, 0.3) is 0 Å². The number of morpholine rings is 1. The first-order valence-corrected chi connectivity index (χ1v) is 6.82. The van der Waals surface area contributed by atoms with E-state index in [1.807, 2.05) is 33.8 Å². The predicted octanol–water partition coefficient (Wildman–Crippen LogP) is 3.09. The van der Waals surface area contributed by atoms with Gasteiger partial charge in [-0.15, -0.1) is 0 Å². The molecule has 4 heteroatoms. The van der Waals surface area contributed by atoms with Gasteiger partial charge in [-0.1, -0.05) is 12.1 Å². The van der Waals surface area contributed by atoms with Crippen LogP contribution in [0.15, 0.2) is 18.2 Å². The summed E-state index contributed by atoms with van der Waals surface area (Å²) >= 11 is 0. The number of nitrogens with zero attached hydrogens (tertiary/aromatic N) is 2. The summed E-state index contributed by atoms with van der Waals surface area (Å²) in [6.45, 7) is 10.2. The third kappa shape index (κ3) is 3.36. The molecule has 108 valence electrons. The van der Waals surface area contributed by atoms with Crippen molar-refractivity contribution in [2.24, 2.45) is 0 Å². The van der Waals surface area contributed by atoms with E-state index in [1.54, 1.807) is 12.1 Å². The summed E-state index contributed by atoms with van der Waals surface area (Å²) < 4.78 is 20.1. The summed E-state index contributed by atoms with van der Waals surface area (Å²) in [6.07, 6.45) is 0. The Balaban J connectivity index is 2.20. The largest absolute Gasteiger partial charge is 0.367 e. The lowest BCUT2D eigenvalue weighted by Crippen LogP contribution is -2.56. The van der Waals surface area contributed by atoms with Gasteiger partial charge < -0.3 is 4.74 Å². The summed E-state index contributed by atoms with van der Waals surface area (Å²) in [5, 5.41) is 8.89. The molecule has 1 heterocycles. The van der Waals surface area contributed by atoms with Crippen molar-refractivity contribution in [2.75, 3.05) is 13.1 Å². The molecule has 0 atom stereocenters. The fraction of sp³-hybridized carbons (Fsp3) is 0.562. The number of nitriles is 1. The van der Waals surface area contributed by atoms with Crippen LogP contribution in [0.25, 0.3) is 0 Å². The molecule has 1 aromatic rings. The molecule has 1 fully saturated rings. The molecule has 0 N–H and O–H groups in total. The van der Waals surface area contributed by atoms with Crippen molar-refractivity contribution in [1.82, 2.24) is 4.90 Å². The van der Waals surface area contributed by atoms with Crippen LogP contribution in [-0.2, 0) is 11.3 Å². The number of benzene rings is 1. The standard InChI is InChI=1S/C16H21FN2O/c1-15(2)10-19(11-16(3,4)20-15)9-13-7-5-6-12(8-18)14(13)17/h5-7H,9-11H2,1-4H3. The molecule has 0 unspecified atom stereocenters. The Morgan fingerprint density at radius 3 is 2.40 bits per heavy atom. The Morgan fingerprint density at radius 2 is 1.85 bits per heavy atom. The minimum absolute atomic E-state index is 0.106. The zero-order valence-electron chi connectivity index (χ0n) is 12.5. The first-order chi connectivity index (χ1) is 9.22. The van der Waals surface area contributed by atoms with E-state index in [1.165, 1.54) is 6.07 Å². The van der Waals surface area contributed by atoms with Crippen LogP contribution in [0.4, 0.5) is 4.39 Å². The van der Waals surface area contributed by atoms with Crippen LogP contribution >= 0.6 is 0 Å². The van der Waals surface area contributed by atoms with E-state index < -0.39 is 5.82 Å². The fourth-order valence-electron chi connectivity index (χ4n) is 3.09. The van der Waals surface area contributed by atoms with E-state index in [0.717, 1.165) is 13.1 Å². The summed E-state index contributed by atoms with van der Waals surface area (Å²) in [5.41, 5.74) is 0.155. The molecule has 0 spiro atoms. The maximum atomic E-state index is 14.1. The topological polar surface area (TPSA) is 36.3 Å². The van der Waals surface area contributed by atoms with E-state index in [2.05, 4.69) is 4.90 Å². The molecule has 0 aromatic heterocycles. The van der Waals surface area contributed by atoms with Crippen molar-refractivity contribution >= 4 is 0 Å². The van der Waals surface area contributed by atoms with Crippen molar-refractivity contribution in [2.45, 2.75) is 45.4 Å². The van der Waals surface area contributed by atoms with Gasteiger partial charge in [0.05, 0.1) is 16.8 Å². The van der Waals surface area contributed by atoms with E-state index >= 15 is 0 Å². The molecule has 2 rings (SSSR count). The van der Waals surface area contributed by atoms with Crippen LogP contribution < -0.4 is 0 Å². The second-order valence-electron chi connectivity index (χ2n) is 6.66. The highest BCUT2D eigenvalue weighted by Gasteiger charge is 2.38. The normalized spacial score (nSPS) is 21.4. The van der Waals surface area contributed by atoms with Crippen LogP contribution in [-0.4, -0.2) is 29.2 Å². The van der Waals surface area contributed by atoms with Crippen molar-refractivity contribution in [3.05, 3.63) is 35.1 Å². The minimum Gasteiger partial charge on any atom is -0.367 e. The van der Waals surface area contributed by atoms with Crippen LogP contribution in [0.1, 0.15) is 38.8 Å². The Labute approximate surface area is 120 Å². The summed E-state index contributed by atoms with van der Waals surface area (Å²) in [4.78, 5) is 2.18. The average molecular weight is 276 g/mol. The zero-order valence-corrected chi connectivity index (χ0v) is 12.5. The maximum absolute atomic E-state index is 14.1. The second kappa shape index (κ2) is 5.16. The van der Waals surface area contributed by atoms with Gasteiger partial charge in [0.1, 0.15) is 11.9 Å². The summed E-state index contributed by atoms with van der Waals surface area (Å²) in [7, 11) is 0. The number of halogens is 1. The van der Waals surface area contributed by atoms with Gasteiger partial charge in [0.2, 0.25) is 0 Å². The minimum atomic E-state index is -0.405. The van der Waals surface area contributed by atoms with Gasteiger partial charge in [-0.2, -0.15) is 5.26 Å². The molecule has 0 bridgehead atoms. The fourth-order valence-corrected chi connectivity index (χ4v) is 3.09. The predicted molar refractivity (Wildman–Crippen MR) is 75.6 cm³/mol. The molecule has 0 radical (unpaired) electrons. The lowest BCUT2D eigenvalue weighted by molar-refractivity contribution is -0.182. The first-order valence-electron chi connectivity index (χ1n) is 6.82. The summed E-state index contributed by atoms with van der Waals surface area (Å²) in [5.74, 6) is -0.405. The van der Waals surface area contributed by atoms with Crippen molar-refractivity contribution in [1.29, 1.82) is 5.26 Å². The van der Waals surface area contributed by atoms with E-state index in [0.29, 0.717) is 12.1 Å². The van der Waals surface area contributed by atoms with E-state index in [4.69, 9.17) is 10.00 Å². The molecular weight excluding hydrogens is 255 g/mol. The first kappa shape index (κ1) is 15.0. The molecule has 3 nitrogen and oxygen atoms in total. The molecule has 1 aliphatic heterocycles. The van der Waals surface area contributed by atoms with Crippen LogP contribution in [0.5, 0.6) is 0 Å². The van der Waals surface area contributed by atoms with Crippen molar-refractivity contribution in [3.63, 3.8) is 0 Å². The quantitative estimate of drug-likeness (QED) is 0.833. The van der Waals surface area contributed by atoms with Gasteiger partial charge in [0.15, 0.2) is 0 Å². The number of hydrogen-bond acceptors (Lipinski definition) is 3. The second-order valence-corrected chi connectivity index (χ2v) is 6.66. The van der Waals surface area contributed by atoms with Gasteiger partial charge in [-0.25, -0.2) is 4.39 Å². The van der Waals surface area contributed by atoms with E-state index in [-0.39, 0.29) is 16.8 Å². The van der Waals surface area contributed by atoms with Crippen molar-refractivity contribution in [3.8, 4) is 6.07 Å². The Bertz CT molecular complexity index is 530. The van der Waals surface area contributed by atoms with Gasteiger partial charge in [0, 0.05) is 25.2 Å². The summed E-state index contributed by atoms with van der Waals surface area (Å²) in [6, 6.07) is 6.86. The third-order valence-corrected chi connectivity index (χ3v) is 3.35. The molecule has 1 aromatic carbocycles. The Morgan fingerprint density at radius 1 is 1.25 bits per heavy atom. The third-order valence-electron chi connectivity index (χ3n) is 3.35. The lowest BCUT2D eigenvalue weighted by Gasteiger charge is -2.47. The van der Waals surface area contributed by atoms with Gasteiger partial charge >= 0.3 is 0 Å². The highest BCUT2D eigenvalue weighted by molar-refractivity contribution is 5.34. The molecule has 20 heavy (non-hydrogen) atoms. The lowest BCUT2D eigenvalue weighted by atomic mass is 9.98. The molecular formula is C16H21FN2O. The van der Waals surface area contributed by atoms with Crippen LogP contribution in [0, 0.1) is 17.1 Å². The highest BCUT2D eigenvalue weighted by atomic mass is 19.1. The van der Waals surface area contributed by atoms with Crippen LogP contribution in [0.3, 0.4) is 0 Å². The Kier molecular flexibility index (Phi) is 3.86. The number of ether oxygens (including phenoxy) is 1. The molecule has 0 aliphatic carbocycles. The number of hydrogen-bond donors (Lipinski definition) is 0. The van der Waals surface area contributed by atoms with Gasteiger partial charge in [-0.05, 0) is 33.8 Å². The zero-order chi connectivity index (χ0) is 15.0. The van der Waals surface area contributed by atoms with E-state index in [9.17, 15) is 4.39 Å². The van der Waals surface area contributed by atoms with Crippen LogP contribution in [0.2, 0.25) is 0 Å². The van der Waals surface area contributed by atoms with Gasteiger partial charge in [-0.3, -0.25) is 4.90 Å². The smallest absolute Gasteiger partial charge is 0.145 e. The monoisotopic (exact) mass is 276 g/mol.